The molecule has 16 heavy (non-hydrogen) atoms. The molecule has 0 aromatic carbocycles. The molecule has 0 amide bonds. The van der Waals surface area contributed by atoms with E-state index in [-0.39, 0.29) is 0 Å². The zero-order valence-corrected chi connectivity index (χ0v) is 11.3. The van der Waals surface area contributed by atoms with Crippen LogP contribution in [-0.4, -0.2) is 28.0 Å². The number of aryl methyl sites for hydroxylation is 1. The zero-order chi connectivity index (χ0) is 12.0. The molecular formula is C11H21N3OS. The fraction of sp³-hybridized carbons (Fsp3) is 0.818. The second-order valence-electron chi connectivity index (χ2n) is 3.88. The molecule has 1 aromatic rings. The molecule has 4 nitrogen and oxygen atoms in total. The average Bonchev–Trinajstić information content (AvgIpc) is 2.65. The summed E-state index contributed by atoms with van der Waals surface area (Å²) in [5, 5.41) is 12.5. The molecule has 92 valence electrons. The lowest BCUT2D eigenvalue weighted by Gasteiger charge is -2.21. The Hall–Kier alpha value is -0.550. The quantitative estimate of drug-likeness (QED) is 0.746. The number of thioether (sulfide) groups is 1. The van der Waals surface area contributed by atoms with Crippen LogP contribution in [0.3, 0.4) is 0 Å². The number of hydrogen-bond donors (Lipinski definition) is 1. The molecule has 2 unspecified atom stereocenters. The van der Waals surface area contributed by atoms with Gasteiger partial charge in [-0.15, -0.1) is 10.2 Å². The second kappa shape index (κ2) is 6.91. The molecule has 1 rings (SSSR count). The number of nitrogens with one attached hydrogen (secondary N) is 1. The van der Waals surface area contributed by atoms with Gasteiger partial charge in [-0.2, -0.15) is 0 Å². The van der Waals surface area contributed by atoms with Gasteiger partial charge in [0.25, 0.3) is 5.22 Å². The summed E-state index contributed by atoms with van der Waals surface area (Å²) in [5.41, 5.74) is 0. The molecule has 1 aromatic heterocycles. The van der Waals surface area contributed by atoms with Gasteiger partial charge in [0, 0.05) is 18.2 Å². The summed E-state index contributed by atoms with van der Waals surface area (Å²) in [6, 6.07) is 0.497. The van der Waals surface area contributed by atoms with Gasteiger partial charge in [-0.05, 0) is 19.4 Å². The molecule has 0 aliphatic rings. The van der Waals surface area contributed by atoms with Crippen LogP contribution in [0.1, 0.15) is 39.5 Å². The maximum absolute atomic E-state index is 5.37. The number of rotatable bonds is 7. The van der Waals surface area contributed by atoms with Gasteiger partial charge >= 0.3 is 0 Å². The Morgan fingerprint density at radius 3 is 2.62 bits per heavy atom. The molecule has 1 N–H and O–H groups in total. The first-order valence-electron chi connectivity index (χ1n) is 5.87. The maximum atomic E-state index is 5.37. The minimum absolute atomic E-state index is 0.441. The molecule has 2 atom stereocenters. The fourth-order valence-corrected chi connectivity index (χ4v) is 2.57. The van der Waals surface area contributed by atoms with Crippen molar-refractivity contribution >= 4 is 11.8 Å². The molecule has 1 heterocycles. The largest absolute Gasteiger partial charge is 0.416 e. The summed E-state index contributed by atoms with van der Waals surface area (Å²) in [4.78, 5) is 0. The van der Waals surface area contributed by atoms with Gasteiger partial charge in [-0.3, -0.25) is 0 Å². The summed E-state index contributed by atoms with van der Waals surface area (Å²) < 4.78 is 5.37. The summed E-state index contributed by atoms with van der Waals surface area (Å²) in [6.45, 7) is 9.45. The minimum Gasteiger partial charge on any atom is -0.416 e. The average molecular weight is 243 g/mol. The first-order chi connectivity index (χ1) is 7.67. The van der Waals surface area contributed by atoms with Gasteiger partial charge in [0.15, 0.2) is 0 Å². The predicted molar refractivity (Wildman–Crippen MR) is 66.7 cm³/mol. The third-order valence-corrected chi connectivity index (χ3v) is 3.52. The predicted octanol–water partition coefficient (Wildman–Crippen LogP) is 2.64. The number of aromatic nitrogens is 2. The lowest BCUT2D eigenvalue weighted by molar-refractivity contribution is 0.425. The van der Waals surface area contributed by atoms with E-state index in [1.807, 2.05) is 6.92 Å². The van der Waals surface area contributed by atoms with Crippen molar-refractivity contribution < 1.29 is 4.42 Å². The van der Waals surface area contributed by atoms with Crippen molar-refractivity contribution in [1.29, 1.82) is 0 Å². The van der Waals surface area contributed by atoms with E-state index in [1.54, 1.807) is 11.8 Å². The molecule has 0 radical (unpaired) electrons. The fourth-order valence-electron chi connectivity index (χ4n) is 1.54. The van der Waals surface area contributed by atoms with Gasteiger partial charge < -0.3 is 9.73 Å². The van der Waals surface area contributed by atoms with E-state index in [0.717, 1.165) is 19.4 Å². The summed E-state index contributed by atoms with van der Waals surface area (Å²) in [5.74, 6) is 0.629. The van der Waals surface area contributed by atoms with Crippen molar-refractivity contribution in [3.8, 4) is 0 Å². The van der Waals surface area contributed by atoms with E-state index in [9.17, 15) is 0 Å². The van der Waals surface area contributed by atoms with E-state index in [4.69, 9.17) is 4.42 Å². The van der Waals surface area contributed by atoms with Gasteiger partial charge in [-0.25, -0.2) is 0 Å². The molecular weight excluding hydrogens is 222 g/mol. The smallest absolute Gasteiger partial charge is 0.276 e. The monoisotopic (exact) mass is 243 g/mol. The van der Waals surface area contributed by atoms with Crippen LogP contribution in [0.2, 0.25) is 0 Å². The standard InChI is InChI=1S/C11H21N3OS/c1-5-7-12-10(6-2)8(3)16-11-14-13-9(4)15-11/h8,10,12H,5-7H2,1-4H3. The van der Waals surface area contributed by atoms with Crippen molar-refractivity contribution in [3.63, 3.8) is 0 Å². The van der Waals surface area contributed by atoms with E-state index in [0.29, 0.717) is 22.4 Å². The SMILES string of the molecule is CCCNC(CC)C(C)Sc1nnc(C)o1. The second-order valence-corrected chi connectivity index (χ2v) is 5.21. The highest BCUT2D eigenvalue weighted by atomic mass is 32.2. The van der Waals surface area contributed by atoms with E-state index in [2.05, 4.69) is 36.3 Å². The third-order valence-electron chi connectivity index (χ3n) is 2.46. The Bertz CT molecular complexity index is 303. The molecule has 0 saturated heterocycles. The van der Waals surface area contributed by atoms with Crippen molar-refractivity contribution in [2.24, 2.45) is 0 Å². The summed E-state index contributed by atoms with van der Waals surface area (Å²) in [7, 11) is 0. The van der Waals surface area contributed by atoms with Crippen LogP contribution < -0.4 is 5.32 Å². The maximum Gasteiger partial charge on any atom is 0.276 e. The van der Waals surface area contributed by atoms with Gasteiger partial charge in [-0.1, -0.05) is 32.5 Å². The lowest BCUT2D eigenvalue weighted by Crippen LogP contribution is -2.36. The molecule has 0 spiro atoms. The Morgan fingerprint density at radius 1 is 1.38 bits per heavy atom. The van der Waals surface area contributed by atoms with Crippen molar-refractivity contribution in [1.82, 2.24) is 15.5 Å². The van der Waals surface area contributed by atoms with Crippen LogP contribution in [0, 0.1) is 6.92 Å². The van der Waals surface area contributed by atoms with Gasteiger partial charge in [0.2, 0.25) is 5.89 Å². The van der Waals surface area contributed by atoms with Crippen LogP contribution in [0.25, 0.3) is 0 Å². The van der Waals surface area contributed by atoms with Crippen LogP contribution in [0.5, 0.6) is 0 Å². The first kappa shape index (κ1) is 13.5. The minimum atomic E-state index is 0.441. The summed E-state index contributed by atoms with van der Waals surface area (Å²) >= 11 is 1.64. The molecule has 0 fully saturated rings. The molecule has 0 bridgehead atoms. The van der Waals surface area contributed by atoms with E-state index < -0.39 is 0 Å². The Kier molecular flexibility index (Phi) is 5.84. The lowest BCUT2D eigenvalue weighted by atomic mass is 10.1. The van der Waals surface area contributed by atoms with Crippen molar-refractivity contribution in [2.45, 2.75) is 57.1 Å². The van der Waals surface area contributed by atoms with Crippen LogP contribution >= 0.6 is 11.8 Å². The Morgan fingerprint density at radius 2 is 2.12 bits per heavy atom. The van der Waals surface area contributed by atoms with Crippen LogP contribution in [0.4, 0.5) is 0 Å². The highest BCUT2D eigenvalue weighted by molar-refractivity contribution is 7.99. The Labute approximate surface area is 102 Å². The highest BCUT2D eigenvalue weighted by Gasteiger charge is 2.18. The topological polar surface area (TPSA) is 51.0 Å². The van der Waals surface area contributed by atoms with Crippen LogP contribution in [-0.2, 0) is 0 Å². The normalized spacial score (nSPS) is 15.0. The third kappa shape index (κ3) is 4.14. The number of hydrogen-bond acceptors (Lipinski definition) is 5. The van der Waals surface area contributed by atoms with E-state index in [1.165, 1.54) is 0 Å². The van der Waals surface area contributed by atoms with Crippen LogP contribution in [0.15, 0.2) is 9.64 Å². The molecule has 0 aliphatic heterocycles. The Balaban J connectivity index is 2.45. The first-order valence-corrected chi connectivity index (χ1v) is 6.75. The number of nitrogens with zero attached hydrogens (tertiary/aromatic N) is 2. The zero-order valence-electron chi connectivity index (χ0n) is 10.5. The highest BCUT2D eigenvalue weighted by Crippen LogP contribution is 2.24. The molecule has 0 aliphatic carbocycles. The van der Waals surface area contributed by atoms with Gasteiger partial charge in [0.05, 0.1) is 0 Å². The summed E-state index contributed by atoms with van der Waals surface area (Å²) in [6.07, 6.45) is 2.27. The van der Waals surface area contributed by atoms with Crippen molar-refractivity contribution in [3.05, 3.63) is 5.89 Å². The van der Waals surface area contributed by atoms with Crippen molar-refractivity contribution in [2.75, 3.05) is 6.54 Å². The van der Waals surface area contributed by atoms with Gasteiger partial charge in [0.1, 0.15) is 0 Å². The van der Waals surface area contributed by atoms with E-state index >= 15 is 0 Å². The molecule has 0 saturated carbocycles. The molecule has 5 heteroatoms.